The third-order valence-corrected chi connectivity index (χ3v) is 6.09. The Bertz CT molecular complexity index is 1080. The van der Waals surface area contributed by atoms with Crippen LogP contribution in [0.5, 0.6) is 0 Å². The van der Waals surface area contributed by atoms with Gasteiger partial charge in [0.25, 0.3) is 5.91 Å². The number of amides is 2. The molecule has 33 heavy (non-hydrogen) atoms. The second-order valence-electron chi connectivity index (χ2n) is 8.47. The van der Waals surface area contributed by atoms with Crippen molar-refractivity contribution in [2.45, 2.75) is 38.8 Å². The van der Waals surface area contributed by atoms with Crippen LogP contribution in [0.4, 0.5) is 5.69 Å². The molecule has 1 atom stereocenters. The molecule has 0 bridgehead atoms. The molecule has 4 rings (SSSR count). The van der Waals surface area contributed by atoms with E-state index in [2.05, 4.69) is 51.7 Å². The van der Waals surface area contributed by atoms with Gasteiger partial charge in [0, 0.05) is 25.6 Å². The quantitative estimate of drug-likeness (QED) is 0.602. The van der Waals surface area contributed by atoms with Gasteiger partial charge < -0.3 is 10.2 Å². The van der Waals surface area contributed by atoms with Gasteiger partial charge in [0.15, 0.2) is 0 Å². The lowest BCUT2D eigenvalue weighted by Crippen LogP contribution is -2.52. The summed E-state index contributed by atoms with van der Waals surface area (Å²) in [6.45, 7) is 3.07. The number of aromatic nitrogens is 3. The molecule has 2 heterocycles. The van der Waals surface area contributed by atoms with Gasteiger partial charge in [-0.05, 0) is 56.5 Å². The third kappa shape index (κ3) is 5.46. The molecule has 1 saturated heterocycles. The molecule has 1 unspecified atom stereocenters. The van der Waals surface area contributed by atoms with Gasteiger partial charge in [-0.3, -0.25) is 19.1 Å². The predicted octanol–water partition coefficient (Wildman–Crippen LogP) is 3.35. The van der Waals surface area contributed by atoms with Crippen LogP contribution < -0.4 is 5.32 Å². The number of benzene rings is 2. The van der Waals surface area contributed by atoms with E-state index in [-0.39, 0.29) is 18.0 Å². The monoisotopic (exact) mass is 446 g/mol. The Balaban J connectivity index is 1.54. The summed E-state index contributed by atoms with van der Waals surface area (Å²) in [5, 5.41) is 10.5. The Morgan fingerprint density at radius 3 is 2.58 bits per heavy atom. The maximum Gasteiger partial charge on any atom is 0.255 e. The van der Waals surface area contributed by atoms with Crippen LogP contribution in [-0.4, -0.2) is 62.7 Å². The molecular weight excluding hydrogens is 416 g/mol. The SMILES string of the molecule is CC(=O)Nc1ccc(C(=O)N2CCCCC2N(C)CCc2ccccc2)cc1-n1cnnc1. The standard InChI is InChI=1S/C25H30N6O2/c1-19(32)28-22-12-11-21(16-23(22)30-17-26-27-18-30)25(33)31-14-7-6-10-24(31)29(2)15-13-20-8-4-3-5-9-20/h3-5,8-9,11-12,16-18,24H,6-7,10,13-15H2,1-2H3,(H,28,32). The summed E-state index contributed by atoms with van der Waals surface area (Å²) in [6, 6.07) is 15.8. The van der Waals surface area contributed by atoms with Crippen LogP contribution in [0.3, 0.4) is 0 Å². The third-order valence-electron chi connectivity index (χ3n) is 6.09. The lowest BCUT2D eigenvalue weighted by atomic mass is 10.0. The number of carbonyl (C=O) groups excluding carboxylic acids is 2. The van der Waals surface area contributed by atoms with Crippen LogP contribution in [0, 0.1) is 0 Å². The zero-order chi connectivity index (χ0) is 23.2. The molecule has 1 aromatic heterocycles. The van der Waals surface area contributed by atoms with Crippen molar-refractivity contribution in [1.29, 1.82) is 0 Å². The summed E-state index contributed by atoms with van der Waals surface area (Å²) in [4.78, 5) is 29.5. The molecular formula is C25H30N6O2. The lowest BCUT2D eigenvalue weighted by molar-refractivity contribution is -0.114. The molecule has 2 amide bonds. The highest BCUT2D eigenvalue weighted by atomic mass is 16.2. The van der Waals surface area contributed by atoms with E-state index in [9.17, 15) is 9.59 Å². The maximum atomic E-state index is 13.6. The second kappa shape index (κ2) is 10.4. The largest absolute Gasteiger partial charge is 0.325 e. The van der Waals surface area contributed by atoms with Crippen LogP contribution in [0.2, 0.25) is 0 Å². The number of likely N-dealkylation sites (tertiary alicyclic amines) is 1. The fraction of sp³-hybridized carbons (Fsp3) is 0.360. The molecule has 0 aliphatic carbocycles. The van der Waals surface area contributed by atoms with Crippen LogP contribution in [0.25, 0.3) is 5.69 Å². The Hall–Kier alpha value is -3.52. The molecule has 0 spiro atoms. The second-order valence-corrected chi connectivity index (χ2v) is 8.47. The van der Waals surface area contributed by atoms with Crippen molar-refractivity contribution >= 4 is 17.5 Å². The Labute approximate surface area is 194 Å². The van der Waals surface area contributed by atoms with E-state index >= 15 is 0 Å². The molecule has 3 aromatic rings. The van der Waals surface area contributed by atoms with Gasteiger partial charge in [0.1, 0.15) is 12.7 Å². The average Bonchev–Trinajstić information content (AvgIpc) is 3.37. The van der Waals surface area contributed by atoms with Crippen molar-refractivity contribution in [3.05, 3.63) is 72.3 Å². The van der Waals surface area contributed by atoms with Crippen molar-refractivity contribution in [2.24, 2.45) is 0 Å². The predicted molar refractivity (Wildman–Crippen MR) is 127 cm³/mol. The molecule has 8 nitrogen and oxygen atoms in total. The van der Waals surface area contributed by atoms with Gasteiger partial charge in [0.05, 0.1) is 17.5 Å². The number of anilines is 1. The van der Waals surface area contributed by atoms with Crippen molar-refractivity contribution in [3.8, 4) is 5.69 Å². The lowest BCUT2D eigenvalue weighted by Gasteiger charge is -2.41. The zero-order valence-corrected chi connectivity index (χ0v) is 19.1. The fourth-order valence-corrected chi connectivity index (χ4v) is 4.37. The van der Waals surface area contributed by atoms with E-state index in [1.165, 1.54) is 12.5 Å². The molecule has 172 valence electrons. The van der Waals surface area contributed by atoms with E-state index < -0.39 is 0 Å². The number of hydrogen-bond acceptors (Lipinski definition) is 5. The van der Waals surface area contributed by atoms with E-state index in [4.69, 9.17) is 0 Å². The Kier molecular flexibility index (Phi) is 7.14. The highest BCUT2D eigenvalue weighted by Crippen LogP contribution is 2.26. The molecule has 2 aromatic carbocycles. The highest BCUT2D eigenvalue weighted by molar-refractivity contribution is 5.97. The van der Waals surface area contributed by atoms with Gasteiger partial charge in [-0.2, -0.15) is 0 Å². The molecule has 8 heteroatoms. The van der Waals surface area contributed by atoms with Crippen molar-refractivity contribution < 1.29 is 9.59 Å². The number of rotatable bonds is 7. The number of piperidine rings is 1. The first-order valence-corrected chi connectivity index (χ1v) is 11.3. The fourth-order valence-electron chi connectivity index (χ4n) is 4.37. The number of hydrogen-bond donors (Lipinski definition) is 1. The number of likely N-dealkylation sites (N-methyl/N-ethyl adjacent to an activating group) is 1. The summed E-state index contributed by atoms with van der Waals surface area (Å²) in [6.07, 6.45) is 7.17. The molecule has 1 aliphatic rings. The van der Waals surface area contributed by atoms with E-state index in [1.807, 2.05) is 11.0 Å². The van der Waals surface area contributed by atoms with Gasteiger partial charge in [0.2, 0.25) is 5.91 Å². The molecule has 0 radical (unpaired) electrons. The number of carbonyl (C=O) groups is 2. The zero-order valence-electron chi connectivity index (χ0n) is 19.1. The Morgan fingerprint density at radius 2 is 1.85 bits per heavy atom. The molecule has 1 aliphatic heterocycles. The summed E-state index contributed by atoms with van der Waals surface area (Å²) in [5.74, 6) is -0.186. The van der Waals surface area contributed by atoms with Crippen molar-refractivity contribution in [1.82, 2.24) is 24.6 Å². The van der Waals surface area contributed by atoms with E-state index in [0.717, 1.165) is 38.8 Å². The molecule has 1 fully saturated rings. The summed E-state index contributed by atoms with van der Waals surface area (Å²) in [5.41, 5.74) is 3.14. The maximum absolute atomic E-state index is 13.6. The smallest absolute Gasteiger partial charge is 0.255 e. The summed E-state index contributed by atoms with van der Waals surface area (Å²) < 4.78 is 1.70. The van der Waals surface area contributed by atoms with Crippen molar-refractivity contribution in [3.63, 3.8) is 0 Å². The van der Waals surface area contributed by atoms with Gasteiger partial charge in [-0.15, -0.1) is 10.2 Å². The van der Waals surface area contributed by atoms with Gasteiger partial charge in [-0.1, -0.05) is 30.3 Å². The number of nitrogens with zero attached hydrogens (tertiary/aromatic N) is 5. The Morgan fingerprint density at radius 1 is 1.09 bits per heavy atom. The normalized spacial score (nSPS) is 16.1. The first-order chi connectivity index (χ1) is 16.0. The first-order valence-electron chi connectivity index (χ1n) is 11.3. The average molecular weight is 447 g/mol. The van der Waals surface area contributed by atoms with Crippen LogP contribution in [-0.2, 0) is 11.2 Å². The highest BCUT2D eigenvalue weighted by Gasteiger charge is 2.30. The number of nitrogens with one attached hydrogen (secondary N) is 1. The van der Waals surface area contributed by atoms with E-state index in [1.54, 1.807) is 35.4 Å². The topological polar surface area (TPSA) is 83.4 Å². The first kappa shape index (κ1) is 22.7. The minimum absolute atomic E-state index is 0.00467. The van der Waals surface area contributed by atoms with Crippen LogP contribution in [0.15, 0.2) is 61.2 Å². The van der Waals surface area contributed by atoms with Crippen LogP contribution in [0.1, 0.15) is 42.1 Å². The minimum atomic E-state index is -0.181. The van der Waals surface area contributed by atoms with Crippen molar-refractivity contribution in [2.75, 3.05) is 25.5 Å². The van der Waals surface area contributed by atoms with Gasteiger partial charge >= 0.3 is 0 Å². The van der Waals surface area contributed by atoms with E-state index in [0.29, 0.717) is 16.9 Å². The summed E-state index contributed by atoms with van der Waals surface area (Å²) in [7, 11) is 2.10. The molecule has 1 N–H and O–H groups in total. The molecule has 0 saturated carbocycles. The minimum Gasteiger partial charge on any atom is -0.325 e. The van der Waals surface area contributed by atoms with Crippen LogP contribution >= 0.6 is 0 Å². The van der Waals surface area contributed by atoms with Gasteiger partial charge in [-0.25, -0.2) is 0 Å². The summed E-state index contributed by atoms with van der Waals surface area (Å²) >= 11 is 0.